The van der Waals surface area contributed by atoms with Crippen LogP contribution in [0.5, 0.6) is 0 Å². The fourth-order valence-electron chi connectivity index (χ4n) is 4.25. The largest absolute Gasteiger partial charge is 0.465 e. The minimum absolute atomic E-state index is 0.157. The van der Waals surface area contributed by atoms with E-state index in [2.05, 4.69) is 30.4 Å². The number of aryl methyl sites for hydroxylation is 2. The highest BCUT2D eigenvalue weighted by molar-refractivity contribution is 9.10. The van der Waals surface area contributed by atoms with Crippen LogP contribution in [0.1, 0.15) is 32.7 Å². The number of benzene rings is 3. The Kier molecular flexibility index (Phi) is 9.29. The van der Waals surface area contributed by atoms with Crippen molar-refractivity contribution in [3.63, 3.8) is 0 Å². The average molecular weight is 621 g/mol. The van der Waals surface area contributed by atoms with E-state index in [4.69, 9.17) is 4.74 Å². The maximum atomic E-state index is 13.2. The van der Waals surface area contributed by atoms with Gasteiger partial charge >= 0.3 is 19.3 Å². The Morgan fingerprint density at radius 3 is 2.28 bits per heavy atom. The van der Waals surface area contributed by atoms with E-state index >= 15 is 0 Å². The van der Waals surface area contributed by atoms with Crippen LogP contribution in [0.2, 0.25) is 0 Å². The predicted molar refractivity (Wildman–Crippen MR) is 145 cm³/mol. The zero-order valence-corrected chi connectivity index (χ0v) is 23.2. The van der Waals surface area contributed by atoms with Crippen molar-refractivity contribution < 1.29 is 32.6 Å². The summed E-state index contributed by atoms with van der Waals surface area (Å²) in [5.41, 5.74) is 4.26. The molecule has 4 aromatic rings. The van der Waals surface area contributed by atoms with E-state index in [1.54, 1.807) is 41.0 Å². The quantitative estimate of drug-likeness (QED) is 0.148. The number of ether oxygens (including phenoxy) is 1. The van der Waals surface area contributed by atoms with E-state index in [9.17, 15) is 23.2 Å². The minimum atomic E-state index is -4.57. The third-order valence-corrected chi connectivity index (χ3v) is 8.06. The lowest BCUT2D eigenvalue weighted by Gasteiger charge is -2.13. The zero-order chi connectivity index (χ0) is 28.0. The van der Waals surface area contributed by atoms with Gasteiger partial charge in [0.2, 0.25) is 0 Å². The van der Waals surface area contributed by atoms with Gasteiger partial charge in [-0.2, -0.15) is 0 Å². The van der Waals surface area contributed by atoms with Gasteiger partial charge in [0, 0.05) is 15.7 Å². The lowest BCUT2D eigenvalue weighted by atomic mass is 10.0. The van der Waals surface area contributed by atoms with Gasteiger partial charge in [0.05, 0.1) is 31.1 Å². The van der Waals surface area contributed by atoms with Crippen LogP contribution in [0.25, 0.3) is 11.3 Å². The zero-order valence-electron chi connectivity index (χ0n) is 20.7. The van der Waals surface area contributed by atoms with Crippen molar-refractivity contribution in [3.05, 3.63) is 116 Å². The normalized spacial score (nSPS) is 11.5. The van der Waals surface area contributed by atoms with Gasteiger partial charge in [-0.1, -0.05) is 70.5 Å². The van der Waals surface area contributed by atoms with Gasteiger partial charge in [0.15, 0.2) is 0 Å². The van der Waals surface area contributed by atoms with Crippen LogP contribution >= 0.6 is 23.5 Å². The number of halogens is 3. The van der Waals surface area contributed by atoms with E-state index in [1.165, 1.54) is 13.2 Å². The van der Waals surface area contributed by atoms with Gasteiger partial charge in [-0.3, -0.25) is 9.13 Å². The Balaban J connectivity index is 1.70. The van der Waals surface area contributed by atoms with Gasteiger partial charge in [-0.15, -0.1) is 9.46 Å². The number of aromatic nitrogens is 2. The number of hydrogen-bond acceptors (Lipinski definition) is 6. The highest BCUT2D eigenvalue weighted by Crippen LogP contribution is 2.53. The summed E-state index contributed by atoms with van der Waals surface area (Å²) in [6.45, 7) is 0.157. The molecule has 4 rings (SSSR count). The Morgan fingerprint density at radius 2 is 1.67 bits per heavy atom. The molecule has 204 valence electrons. The maximum Gasteiger partial charge on any atom is 0.399 e. The molecule has 0 atom stereocenters. The first kappa shape index (κ1) is 28.6. The first-order valence-electron chi connectivity index (χ1n) is 11.8. The number of rotatable bonds is 11. The monoisotopic (exact) mass is 620 g/mol. The summed E-state index contributed by atoms with van der Waals surface area (Å²) < 4.78 is 50.1. The van der Waals surface area contributed by atoms with Crippen molar-refractivity contribution in [2.45, 2.75) is 25.5 Å². The highest BCUT2D eigenvalue weighted by Gasteiger charge is 2.29. The van der Waals surface area contributed by atoms with Crippen molar-refractivity contribution in [2.75, 3.05) is 7.11 Å². The Bertz CT molecular complexity index is 1550. The fraction of sp³-hybridized carbons (Fsp3) is 0.185. The molecule has 3 aromatic carbocycles. The number of esters is 1. The molecule has 0 aliphatic rings. The summed E-state index contributed by atoms with van der Waals surface area (Å²) in [5.74, 6) is -0.469. The number of carbonyl (C=O) groups excluding carboxylic acids is 1. The predicted octanol–water partition coefficient (Wildman–Crippen LogP) is 6.72. The van der Waals surface area contributed by atoms with E-state index in [-0.39, 0.29) is 12.2 Å². The molecule has 0 unspecified atom stereocenters. The van der Waals surface area contributed by atoms with Crippen LogP contribution in [-0.2, 0) is 44.3 Å². The van der Waals surface area contributed by atoms with E-state index in [1.807, 2.05) is 30.3 Å². The molecule has 0 bridgehead atoms. The lowest BCUT2D eigenvalue weighted by molar-refractivity contribution is -0.0881. The second kappa shape index (κ2) is 12.7. The van der Waals surface area contributed by atoms with Gasteiger partial charge in [0.25, 0.3) is 0 Å². The van der Waals surface area contributed by atoms with Crippen molar-refractivity contribution in [1.29, 1.82) is 0 Å². The third kappa shape index (κ3) is 6.80. The molecule has 0 saturated heterocycles. The van der Waals surface area contributed by atoms with Crippen LogP contribution in [0.3, 0.4) is 0 Å². The second-order valence-corrected chi connectivity index (χ2v) is 11.4. The number of imidazole rings is 1. The summed E-state index contributed by atoms with van der Waals surface area (Å²) >= 11 is 3.32. The number of aromatic amines is 1. The van der Waals surface area contributed by atoms with Gasteiger partial charge < -0.3 is 9.72 Å². The Hall–Kier alpha value is -3.37. The number of carbonyl (C=O) groups is 1. The minimum Gasteiger partial charge on any atom is -0.465 e. The second-order valence-electron chi connectivity index (χ2n) is 8.73. The maximum absolute atomic E-state index is 13.2. The molecule has 0 radical (unpaired) electrons. The molecule has 0 aliphatic heterocycles. The fourth-order valence-corrected chi connectivity index (χ4v) is 5.84. The molecule has 8 nitrogen and oxygen atoms in total. The molecule has 1 N–H and O–H groups in total. The van der Waals surface area contributed by atoms with Gasteiger partial charge in [-0.25, -0.2) is 9.59 Å². The van der Waals surface area contributed by atoms with E-state index in [0.29, 0.717) is 39.7 Å². The SMILES string of the molecule is COC(=O)c1ccc(-c2c(CCc3ccccc3)[nH]c(=O)n2Cc2ccc(CP(=O)(OF)OF)c(Br)c2)cc1. The third-order valence-electron chi connectivity index (χ3n) is 6.18. The van der Waals surface area contributed by atoms with Crippen molar-refractivity contribution in [1.82, 2.24) is 9.55 Å². The van der Waals surface area contributed by atoms with Crippen LogP contribution in [-0.4, -0.2) is 22.6 Å². The van der Waals surface area contributed by atoms with Crippen molar-refractivity contribution in [3.8, 4) is 11.3 Å². The number of nitrogens with zero attached hydrogens (tertiary/aromatic N) is 1. The van der Waals surface area contributed by atoms with Gasteiger partial charge in [-0.05, 0) is 56.8 Å². The van der Waals surface area contributed by atoms with Gasteiger partial charge in [0.1, 0.15) is 0 Å². The summed E-state index contributed by atoms with van der Waals surface area (Å²) in [7, 11) is -3.26. The molecule has 0 fully saturated rings. The number of hydrogen-bond donors (Lipinski definition) is 1. The standard InChI is InChI=1S/C27H24BrF2N2O6P/c1-36-26(33)21-12-10-20(11-13-21)25-24(14-8-18-5-3-2-4-6-18)31-27(34)32(25)16-19-7-9-22(23(28)15-19)17-39(35,37-29)38-30/h2-7,9-13,15H,8,14,16-17H2,1H3,(H,31,34). The molecule has 0 amide bonds. The summed E-state index contributed by atoms with van der Waals surface area (Å²) in [4.78, 5) is 28.1. The molecular weight excluding hydrogens is 597 g/mol. The summed E-state index contributed by atoms with van der Waals surface area (Å²) in [5, 5.41) is 0. The molecule has 0 aliphatic carbocycles. The first-order valence-corrected chi connectivity index (χ1v) is 14.3. The number of methoxy groups -OCH3 is 1. The molecule has 39 heavy (non-hydrogen) atoms. The van der Waals surface area contributed by atoms with E-state index in [0.717, 1.165) is 16.8 Å². The number of H-pyrrole nitrogens is 1. The molecule has 12 heteroatoms. The molecule has 0 saturated carbocycles. The molecule has 1 aromatic heterocycles. The van der Waals surface area contributed by atoms with Crippen LogP contribution in [0, 0.1) is 0 Å². The topological polar surface area (TPSA) is 99.6 Å². The molecule has 1 heterocycles. The molecular formula is C27H24BrF2N2O6P. The Labute approximate surface area is 231 Å². The average Bonchev–Trinajstić information content (AvgIpc) is 3.27. The van der Waals surface area contributed by atoms with Crippen molar-refractivity contribution in [2.24, 2.45) is 0 Å². The smallest absolute Gasteiger partial charge is 0.399 e. The Morgan fingerprint density at radius 1 is 0.974 bits per heavy atom. The summed E-state index contributed by atoms with van der Waals surface area (Å²) in [6, 6.07) is 21.5. The van der Waals surface area contributed by atoms with Crippen LogP contribution < -0.4 is 5.69 Å². The van der Waals surface area contributed by atoms with Crippen molar-refractivity contribution >= 4 is 29.5 Å². The highest BCUT2D eigenvalue weighted by atomic mass is 79.9. The molecule has 0 spiro atoms. The van der Waals surface area contributed by atoms with E-state index < -0.39 is 19.7 Å². The lowest BCUT2D eigenvalue weighted by Crippen LogP contribution is -2.18. The summed E-state index contributed by atoms with van der Waals surface area (Å²) in [6.07, 6.45) is 0.624. The van der Waals surface area contributed by atoms with Crippen LogP contribution in [0.15, 0.2) is 82.1 Å². The van der Waals surface area contributed by atoms with Crippen LogP contribution in [0.4, 0.5) is 9.05 Å². The number of nitrogens with one attached hydrogen (secondary N) is 1. The first-order chi connectivity index (χ1) is 18.8.